The van der Waals surface area contributed by atoms with Crippen LogP contribution >= 0.6 is 23.8 Å². The number of thiocarbonyl (C=S) groups is 1. The summed E-state index contributed by atoms with van der Waals surface area (Å²) in [6.07, 6.45) is 0. The summed E-state index contributed by atoms with van der Waals surface area (Å²) >= 11 is 10.8. The molecule has 2 unspecified atom stereocenters. The third-order valence-corrected chi connectivity index (χ3v) is 2.94. The minimum Gasteiger partial charge on any atom is -0.354 e. The van der Waals surface area contributed by atoms with Gasteiger partial charge in [-0.25, -0.2) is 0 Å². The number of hydrogen-bond acceptors (Lipinski definition) is 3. The van der Waals surface area contributed by atoms with Gasteiger partial charge < -0.3 is 10.6 Å². The number of carbonyl (C=O) groups is 1. The maximum absolute atomic E-state index is 11.6. The summed E-state index contributed by atoms with van der Waals surface area (Å²) in [5.41, 5.74) is 0.765. The highest BCUT2D eigenvalue weighted by Gasteiger charge is 2.35. The molecule has 0 bridgehead atoms. The molecule has 6 heteroatoms. The molecule has 2 atom stereocenters. The van der Waals surface area contributed by atoms with Crippen molar-refractivity contribution in [2.24, 2.45) is 5.92 Å². The molecular weight excluding hydrogens is 258 g/mol. The Balaban J connectivity index is 2.38. The summed E-state index contributed by atoms with van der Waals surface area (Å²) in [5, 5.41) is 15.1. The summed E-state index contributed by atoms with van der Waals surface area (Å²) in [4.78, 5) is 11.6. The van der Waals surface area contributed by atoms with Crippen molar-refractivity contribution >= 4 is 34.8 Å². The summed E-state index contributed by atoms with van der Waals surface area (Å²) in [7, 11) is 0. The number of nitrogens with zero attached hydrogens (tertiary/aromatic N) is 1. The van der Waals surface area contributed by atoms with Crippen molar-refractivity contribution in [2.75, 3.05) is 0 Å². The normalized spacial score (nSPS) is 23.5. The van der Waals surface area contributed by atoms with Crippen molar-refractivity contribution in [3.8, 4) is 6.07 Å². The molecule has 86 valence electrons. The van der Waals surface area contributed by atoms with Crippen molar-refractivity contribution in [1.82, 2.24) is 10.6 Å². The van der Waals surface area contributed by atoms with Crippen LogP contribution in [0.4, 0.5) is 0 Å². The van der Waals surface area contributed by atoms with Gasteiger partial charge in [0.15, 0.2) is 5.11 Å². The predicted octanol–water partition coefficient (Wildman–Crippen LogP) is 1.53. The molecule has 0 radical (unpaired) electrons. The first-order valence-electron chi connectivity index (χ1n) is 4.88. The zero-order valence-electron chi connectivity index (χ0n) is 8.61. The Labute approximate surface area is 109 Å². The van der Waals surface area contributed by atoms with Crippen LogP contribution in [0.2, 0.25) is 5.02 Å². The van der Waals surface area contributed by atoms with E-state index in [2.05, 4.69) is 10.6 Å². The molecule has 17 heavy (non-hydrogen) atoms. The van der Waals surface area contributed by atoms with Crippen LogP contribution in [0.3, 0.4) is 0 Å². The van der Waals surface area contributed by atoms with Gasteiger partial charge in [0.2, 0.25) is 5.91 Å². The van der Waals surface area contributed by atoms with Gasteiger partial charge in [-0.2, -0.15) is 5.26 Å². The molecule has 1 saturated heterocycles. The van der Waals surface area contributed by atoms with Gasteiger partial charge in [-0.15, -0.1) is 0 Å². The largest absolute Gasteiger partial charge is 0.354 e. The van der Waals surface area contributed by atoms with E-state index in [1.54, 1.807) is 24.3 Å². The first-order chi connectivity index (χ1) is 8.11. The van der Waals surface area contributed by atoms with Gasteiger partial charge in [0.05, 0.1) is 12.1 Å². The van der Waals surface area contributed by atoms with Gasteiger partial charge in [-0.3, -0.25) is 4.79 Å². The van der Waals surface area contributed by atoms with Gasteiger partial charge in [0.1, 0.15) is 5.92 Å². The van der Waals surface area contributed by atoms with E-state index >= 15 is 0 Å². The second-order valence-electron chi connectivity index (χ2n) is 3.60. The molecule has 4 nitrogen and oxygen atoms in total. The SMILES string of the molecule is N#CC1C(=O)NC(=S)NC1c1cccc(Cl)c1. The van der Waals surface area contributed by atoms with E-state index < -0.39 is 12.0 Å². The van der Waals surface area contributed by atoms with Gasteiger partial charge in [0, 0.05) is 5.02 Å². The van der Waals surface area contributed by atoms with Crippen LogP contribution in [0.25, 0.3) is 0 Å². The van der Waals surface area contributed by atoms with E-state index in [0.29, 0.717) is 5.02 Å². The van der Waals surface area contributed by atoms with Crippen LogP contribution in [0.1, 0.15) is 11.6 Å². The van der Waals surface area contributed by atoms with Crippen molar-refractivity contribution in [3.05, 3.63) is 34.9 Å². The minimum atomic E-state index is -0.819. The van der Waals surface area contributed by atoms with E-state index in [1.165, 1.54) is 0 Å². The highest BCUT2D eigenvalue weighted by Crippen LogP contribution is 2.26. The summed E-state index contributed by atoms with van der Waals surface area (Å²) in [6, 6.07) is 8.52. The van der Waals surface area contributed by atoms with E-state index in [0.717, 1.165) is 5.56 Å². The zero-order valence-corrected chi connectivity index (χ0v) is 10.2. The molecule has 0 aliphatic carbocycles. The first kappa shape index (κ1) is 11.8. The molecule has 2 rings (SSSR count). The average molecular weight is 266 g/mol. The lowest BCUT2D eigenvalue weighted by Gasteiger charge is -2.29. The Morgan fingerprint density at radius 2 is 2.24 bits per heavy atom. The third kappa shape index (κ3) is 2.38. The fraction of sp³-hybridized carbons (Fsp3) is 0.182. The van der Waals surface area contributed by atoms with E-state index in [1.807, 2.05) is 6.07 Å². The molecule has 1 aliphatic rings. The van der Waals surface area contributed by atoms with Gasteiger partial charge in [-0.1, -0.05) is 23.7 Å². The van der Waals surface area contributed by atoms with Crippen molar-refractivity contribution in [3.63, 3.8) is 0 Å². The lowest BCUT2D eigenvalue weighted by Crippen LogP contribution is -2.53. The topological polar surface area (TPSA) is 64.9 Å². The average Bonchev–Trinajstić information content (AvgIpc) is 2.28. The molecule has 2 N–H and O–H groups in total. The van der Waals surface area contributed by atoms with E-state index in [9.17, 15) is 4.79 Å². The summed E-state index contributed by atoms with van der Waals surface area (Å²) in [5.74, 6) is -1.21. The number of benzene rings is 1. The first-order valence-corrected chi connectivity index (χ1v) is 5.67. The predicted molar refractivity (Wildman–Crippen MR) is 67.2 cm³/mol. The Morgan fingerprint density at radius 3 is 2.88 bits per heavy atom. The maximum atomic E-state index is 11.6. The quantitative estimate of drug-likeness (QED) is 0.756. The number of hydrogen-bond donors (Lipinski definition) is 2. The second-order valence-corrected chi connectivity index (χ2v) is 4.45. The lowest BCUT2D eigenvalue weighted by atomic mass is 9.92. The molecule has 0 saturated carbocycles. The lowest BCUT2D eigenvalue weighted by molar-refractivity contribution is -0.123. The van der Waals surface area contributed by atoms with E-state index in [-0.39, 0.29) is 11.0 Å². The monoisotopic (exact) mass is 265 g/mol. The summed E-state index contributed by atoms with van der Waals surface area (Å²) in [6.45, 7) is 0. The minimum absolute atomic E-state index is 0.228. The van der Waals surface area contributed by atoms with Crippen LogP contribution in [0, 0.1) is 17.2 Å². The van der Waals surface area contributed by atoms with Crippen LogP contribution in [0.5, 0.6) is 0 Å². The number of halogens is 1. The van der Waals surface area contributed by atoms with Crippen LogP contribution in [-0.2, 0) is 4.79 Å². The van der Waals surface area contributed by atoms with Crippen molar-refractivity contribution in [2.45, 2.75) is 6.04 Å². The fourth-order valence-corrected chi connectivity index (χ4v) is 2.14. The van der Waals surface area contributed by atoms with Gasteiger partial charge in [-0.05, 0) is 29.9 Å². The van der Waals surface area contributed by atoms with Gasteiger partial charge >= 0.3 is 0 Å². The highest BCUT2D eigenvalue weighted by atomic mass is 35.5. The Morgan fingerprint density at radius 1 is 1.47 bits per heavy atom. The highest BCUT2D eigenvalue weighted by molar-refractivity contribution is 7.80. The number of rotatable bonds is 1. The molecule has 1 heterocycles. The number of nitriles is 1. The zero-order chi connectivity index (χ0) is 12.4. The smallest absolute Gasteiger partial charge is 0.245 e. The molecule has 1 aromatic carbocycles. The van der Waals surface area contributed by atoms with Gasteiger partial charge in [0.25, 0.3) is 0 Å². The molecule has 1 aliphatic heterocycles. The van der Waals surface area contributed by atoms with Crippen LogP contribution in [-0.4, -0.2) is 11.0 Å². The molecular formula is C11H8ClN3OS. The molecule has 1 fully saturated rings. The number of nitrogens with one attached hydrogen (secondary N) is 2. The molecule has 1 amide bonds. The van der Waals surface area contributed by atoms with Crippen molar-refractivity contribution in [1.29, 1.82) is 5.26 Å². The van der Waals surface area contributed by atoms with Crippen molar-refractivity contribution < 1.29 is 4.79 Å². The Kier molecular flexibility index (Phi) is 3.27. The molecule has 0 aromatic heterocycles. The Hall–Kier alpha value is -1.64. The molecule has 0 spiro atoms. The number of amides is 1. The molecule has 1 aromatic rings. The standard InChI is InChI=1S/C11H8ClN3OS/c12-7-3-1-2-6(4-7)9-8(5-13)10(16)15-11(17)14-9/h1-4,8-9H,(H2,14,15,16,17). The Bertz CT molecular complexity index is 526. The maximum Gasteiger partial charge on any atom is 0.245 e. The summed E-state index contributed by atoms with van der Waals surface area (Å²) < 4.78 is 0. The van der Waals surface area contributed by atoms with E-state index in [4.69, 9.17) is 29.1 Å². The number of carbonyl (C=O) groups excluding carboxylic acids is 1. The van der Waals surface area contributed by atoms with Crippen LogP contribution < -0.4 is 10.6 Å². The fourth-order valence-electron chi connectivity index (χ4n) is 1.71. The third-order valence-electron chi connectivity index (χ3n) is 2.49. The van der Waals surface area contributed by atoms with Crippen LogP contribution in [0.15, 0.2) is 24.3 Å². The second kappa shape index (κ2) is 4.70.